The third-order valence-electron chi connectivity index (χ3n) is 2.72. The van der Waals surface area contributed by atoms with E-state index < -0.39 is 0 Å². The number of nitrogens with one attached hydrogen (secondary N) is 1. The van der Waals surface area contributed by atoms with Gasteiger partial charge in [-0.15, -0.1) is 0 Å². The van der Waals surface area contributed by atoms with Gasteiger partial charge in [-0.05, 0) is 18.2 Å². The first-order chi connectivity index (χ1) is 7.74. The van der Waals surface area contributed by atoms with Gasteiger partial charge >= 0.3 is 0 Å². The molecule has 80 valence electrons. The number of fused-ring (bicyclic) bond motifs is 1. The fourth-order valence-corrected chi connectivity index (χ4v) is 1.92. The molecular weight excluding hydrogens is 206 g/mol. The normalized spacial score (nSPS) is 16.4. The molecule has 2 aromatic rings. The molecule has 3 rings (SSSR count). The molecule has 16 heavy (non-hydrogen) atoms. The van der Waals surface area contributed by atoms with E-state index in [1.54, 1.807) is 6.20 Å². The van der Waals surface area contributed by atoms with Gasteiger partial charge in [-0.3, -0.25) is 14.7 Å². The molecule has 0 aliphatic carbocycles. The minimum atomic E-state index is -0.132. The van der Waals surface area contributed by atoms with E-state index in [0.717, 1.165) is 16.6 Å². The van der Waals surface area contributed by atoms with E-state index in [0.29, 0.717) is 0 Å². The number of aromatic amines is 1. The van der Waals surface area contributed by atoms with E-state index in [9.17, 15) is 9.59 Å². The van der Waals surface area contributed by atoms with Crippen molar-refractivity contribution in [3.8, 4) is 0 Å². The highest BCUT2D eigenvalue weighted by Gasteiger charge is 2.28. The number of amides is 1. The van der Waals surface area contributed by atoms with Gasteiger partial charge in [0.05, 0.1) is 24.7 Å². The third-order valence-corrected chi connectivity index (χ3v) is 2.72. The third kappa shape index (κ3) is 1.29. The number of aromatic nitrogens is 2. The van der Waals surface area contributed by atoms with E-state index in [1.807, 2.05) is 18.2 Å². The molecule has 1 saturated heterocycles. The van der Waals surface area contributed by atoms with E-state index in [4.69, 9.17) is 0 Å². The van der Waals surface area contributed by atoms with Gasteiger partial charge in [0.1, 0.15) is 0 Å². The van der Waals surface area contributed by atoms with Gasteiger partial charge in [-0.25, -0.2) is 0 Å². The average molecular weight is 215 g/mol. The molecule has 2 heterocycles. The standard InChI is InChI=1S/C11H9N3O2/c15-9-4-11(16)14(6-9)8-1-2-10-7(3-8)5-12-13-10/h1-3,5H,4,6H2,(H,12,13). The molecule has 1 N–H and O–H groups in total. The summed E-state index contributed by atoms with van der Waals surface area (Å²) in [7, 11) is 0. The maximum Gasteiger partial charge on any atom is 0.234 e. The summed E-state index contributed by atoms with van der Waals surface area (Å²) in [6.07, 6.45) is 1.71. The lowest BCUT2D eigenvalue weighted by Crippen LogP contribution is -2.24. The molecule has 1 fully saturated rings. The number of benzene rings is 1. The summed E-state index contributed by atoms with van der Waals surface area (Å²) < 4.78 is 0. The van der Waals surface area contributed by atoms with E-state index in [-0.39, 0.29) is 24.7 Å². The van der Waals surface area contributed by atoms with Crippen LogP contribution in [0.2, 0.25) is 0 Å². The van der Waals surface area contributed by atoms with E-state index >= 15 is 0 Å². The molecule has 1 aliphatic rings. The van der Waals surface area contributed by atoms with Crippen LogP contribution < -0.4 is 4.90 Å². The average Bonchev–Trinajstić information content (AvgIpc) is 2.83. The van der Waals surface area contributed by atoms with Crippen LogP contribution in [-0.4, -0.2) is 28.4 Å². The Morgan fingerprint density at radius 3 is 2.94 bits per heavy atom. The number of Topliss-reactive ketones (excluding diaryl/α,β-unsaturated/α-hetero) is 1. The Hall–Kier alpha value is -2.17. The highest BCUT2D eigenvalue weighted by molar-refractivity contribution is 6.15. The van der Waals surface area contributed by atoms with Crippen molar-refractivity contribution in [2.45, 2.75) is 6.42 Å². The predicted molar refractivity (Wildman–Crippen MR) is 58.1 cm³/mol. The zero-order chi connectivity index (χ0) is 11.1. The summed E-state index contributed by atoms with van der Waals surface area (Å²) in [6, 6.07) is 5.53. The van der Waals surface area contributed by atoms with Gasteiger partial charge in [0, 0.05) is 11.1 Å². The molecule has 0 radical (unpaired) electrons. The van der Waals surface area contributed by atoms with Crippen LogP contribution in [0.15, 0.2) is 24.4 Å². The first kappa shape index (κ1) is 9.08. The Labute approximate surface area is 91.0 Å². The van der Waals surface area contributed by atoms with Crippen LogP contribution in [0.3, 0.4) is 0 Å². The summed E-state index contributed by atoms with van der Waals surface area (Å²) in [5, 5.41) is 7.68. The Balaban J connectivity index is 2.05. The maximum absolute atomic E-state index is 11.5. The van der Waals surface area contributed by atoms with Gasteiger partial charge in [0.2, 0.25) is 5.91 Å². The topological polar surface area (TPSA) is 66.1 Å². The largest absolute Gasteiger partial charge is 0.305 e. The van der Waals surface area contributed by atoms with Crippen molar-refractivity contribution in [2.24, 2.45) is 0 Å². The Kier molecular flexibility index (Phi) is 1.80. The summed E-state index contributed by atoms with van der Waals surface area (Å²) in [5.41, 5.74) is 1.67. The maximum atomic E-state index is 11.5. The Morgan fingerprint density at radius 2 is 2.19 bits per heavy atom. The molecular formula is C11H9N3O2. The summed E-state index contributed by atoms with van der Waals surface area (Å²) in [5.74, 6) is -0.162. The molecule has 0 spiro atoms. The molecule has 0 saturated carbocycles. The lowest BCUT2D eigenvalue weighted by atomic mass is 10.2. The van der Waals surface area contributed by atoms with Crippen molar-refractivity contribution >= 4 is 28.3 Å². The summed E-state index contributed by atoms with van der Waals surface area (Å²) in [6.45, 7) is 0.183. The number of anilines is 1. The van der Waals surface area contributed by atoms with Crippen molar-refractivity contribution in [1.82, 2.24) is 10.2 Å². The van der Waals surface area contributed by atoms with Gasteiger partial charge in [-0.1, -0.05) is 0 Å². The molecule has 1 aromatic heterocycles. The number of ketones is 1. The molecule has 1 aromatic carbocycles. The molecule has 1 aliphatic heterocycles. The van der Waals surface area contributed by atoms with Crippen LogP contribution in [0.4, 0.5) is 5.69 Å². The molecule has 0 unspecified atom stereocenters. The molecule has 0 bridgehead atoms. The van der Waals surface area contributed by atoms with Crippen LogP contribution >= 0.6 is 0 Å². The van der Waals surface area contributed by atoms with Crippen molar-refractivity contribution in [1.29, 1.82) is 0 Å². The number of rotatable bonds is 1. The highest BCUT2D eigenvalue weighted by Crippen LogP contribution is 2.23. The SMILES string of the molecule is O=C1CC(=O)N(c2ccc3[nH]ncc3c2)C1. The van der Waals surface area contributed by atoms with Crippen LogP contribution in [0, 0.1) is 0 Å². The monoisotopic (exact) mass is 215 g/mol. The number of nitrogens with zero attached hydrogens (tertiary/aromatic N) is 2. The lowest BCUT2D eigenvalue weighted by molar-refractivity contribution is -0.121. The number of carbonyl (C=O) groups excluding carboxylic acids is 2. The smallest absolute Gasteiger partial charge is 0.234 e. The molecule has 5 nitrogen and oxygen atoms in total. The van der Waals surface area contributed by atoms with Crippen LogP contribution in [0.5, 0.6) is 0 Å². The number of carbonyl (C=O) groups is 2. The van der Waals surface area contributed by atoms with Gasteiger partial charge in [0.15, 0.2) is 5.78 Å². The highest BCUT2D eigenvalue weighted by atomic mass is 16.2. The fraction of sp³-hybridized carbons (Fsp3) is 0.182. The second-order valence-electron chi connectivity index (χ2n) is 3.84. The molecule has 1 amide bonds. The lowest BCUT2D eigenvalue weighted by Gasteiger charge is -2.14. The minimum absolute atomic E-state index is 0.0173. The Morgan fingerprint density at radius 1 is 1.31 bits per heavy atom. The predicted octanol–water partition coefficient (Wildman–Crippen LogP) is 0.869. The van der Waals surface area contributed by atoms with Crippen molar-refractivity contribution in [3.05, 3.63) is 24.4 Å². The summed E-state index contributed by atoms with van der Waals surface area (Å²) >= 11 is 0. The van der Waals surface area contributed by atoms with Crippen molar-refractivity contribution in [3.63, 3.8) is 0 Å². The zero-order valence-corrected chi connectivity index (χ0v) is 8.43. The second kappa shape index (κ2) is 3.16. The fourth-order valence-electron chi connectivity index (χ4n) is 1.92. The van der Waals surface area contributed by atoms with Crippen molar-refractivity contribution < 1.29 is 9.59 Å². The Bertz CT molecular complexity index is 588. The molecule has 5 heteroatoms. The quantitative estimate of drug-likeness (QED) is 0.718. The first-order valence-electron chi connectivity index (χ1n) is 4.99. The number of H-pyrrole nitrogens is 1. The number of hydrogen-bond acceptors (Lipinski definition) is 3. The van der Waals surface area contributed by atoms with E-state index in [1.165, 1.54) is 4.90 Å². The van der Waals surface area contributed by atoms with Gasteiger partial charge in [0.25, 0.3) is 0 Å². The van der Waals surface area contributed by atoms with Crippen molar-refractivity contribution in [2.75, 3.05) is 11.4 Å². The first-order valence-corrected chi connectivity index (χ1v) is 4.99. The van der Waals surface area contributed by atoms with Crippen LogP contribution in [0.1, 0.15) is 6.42 Å². The minimum Gasteiger partial charge on any atom is -0.305 e. The summed E-state index contributed by atoms with van der Waals surface area (Å²) in [4.78, 5) is 24.2. The van der Waals surface area contributed by atoms with Gasteiger partial charge in [-0.2, -0.15) is 5.10 Å². The second-order valence-corrected chi connectivity index (χ2v) is 3.84. The zero-order valence-electron chi connectivity index (χ0n) is 8.43. The number of hydrogen-bond donors (Lipinski definition) is 1. The van der Waals surface area contributed by atoms with Crippen LogP contribution in [0.25, 0.3) is 10.9 Å². The van der Waals surface area contributed by atoms with Gasteiger partial charge < -0.3 is 4.90 Å². The van der Waals surface area contributed by atoms with E-state index in [2.05, 4.69) is 10.2 Å². The van der Waals surface area contributed by atoms with Crippen LogP contribution in [-0.2, 0) is 9.59 Å². The molecule has 0 atom stereocenters.